The molecular weight excluding hydrogens is 312 g/mol. The van der Waals surface area contributed by atoms with E-state index < -0.39 is 0 Å². The van der Waals surface area contributed by atoms with Crippen molar-refractivity contribution < 1.29 is 9.53 Å². The average molecular weight is 334 g/mol. The third kappa shape index (κ3) is 4.39. The van der Waals surface area contributed by atoms with Gasteiger partial charge in [-0.1, -0.05) is 25.8 Å². The van der Waals surface area contributed by atoms with Crippen molar-refractivity contribution in [3.05, 3.63) is 23.3 Å². The Morgan fingerprint density at radius 3 is 3.13 bits per heavy atom. The minimum Gasteiger partial charge on any atom is -0.368 e. The summed E-state index contributed by atoms with van der Waals surface area (Å²) in [6.45, 7) is 2.64. The molecule has 0 radical (unpaired) electrons. The van der Waals surface area contributed by atoms with E-state index in [0.29, 0.717) is 24.1 Å². The van der Waals surface area contributed by atoms with E-state index in [1.165, 1.54) is 19.3 Å². The van der Waals surface area contributed by atoms with Gasteiger partial charge in [0, 0.05) is 0 Å². The van der Waals surface area contributed by atoms with Crippen molar-refractivity contribution in [1.82, 2.24) is 20.5 Å². The maximum absolute atomic E-state index is 11.9. The Morgan fingerprint density at radius 2 is 2.35 bits per heavy atom. The van der Waals surface area contributed by atoms with Crippen LogP contribution in [0.1, 0.15) is 38.4 Å². The summed E-state index contributed by atoms with van der Waals surface area (Å²) < 4.78 is 5.75. The molecule has 23 heavy (non-hydrogen) atoms. The van der Waals surface area contributed by atoms with E-state index in [0.717, 1.165) is 11.3 Å². The van der Waals surface area contributed by atoms with Crippen LogP contribution >= 0.6 is 11.3 Å². The largest absolute Gasteiger partial charge is 0.368 e. The first kappa shape index (κ1) is 16.1. The van der Waals surface area contributed by atoms with Gasteiger partial charge in [-0.25, -0.2) is 4.98 Å². The number of aromatic amines is 1. The highest BCUT2D eigenvalue weighted by Crippen LogP contribution is 2.26. The summed E-state index contributed by atoms with van der Waals surface area (Å²) in [5.74, 6) is 1.74. The molecule has 1 aliphatic rings. The number of H-pyrrole nitrogens is 1. The number of aromatic nitrogens is 3. The Hall–Kier alpha value is -1.73. The van der Waals surface area contributed by atoms with E-state index in [1.54, 1.807) is 11.3 Å². The van der Waals surface area contributed by atoms with E-state index in [4.69, 9.17) is 4.74 Å². The van der Waals surface area contributed by atoms with E-state index >= 15 is 0 Å². The Morgan fingerprint density at radius 1 is 1.48 bits per heavy atom. The van der Waals surface area contributed by atoms with E-state index in [1.807, 2.05) is 17.5 Å². The van der Waals surface area contributed by atoms with E-state index in [9.17, 15) is 4.79 Å². The van der Waals surface area contributed by atoms with Crippen LogP contribution in [0.3, 0.4) is 0 Å². The fraction of sp³-hybridized carbons (Fsp3) is 0.562. The minimum atomic E-state index is -0.114. The van der Waals surface area contributed by atoms with Crippen LogP contribution in [0.25, 0.3) is 10.7 Å². The van der Waals surface area contributed by atoms with Gasteiger partial charge in [-0.2, -0.15) is 5.10 Å². The van der Waals surface area contributed by atoms with Crippen molar-refractivity contribution in [2.75, 3.05) is 6.61 Å². The monoisotopic (exact) mass is 334 g/mol. The molecule has 1 aliphatic carbocycles. The molecule has 2 aromatic heterocycles. The van der Waals surface area contributed by atoms with Gasteiger partial charge in [0.15, 0.2) is 5.82 Å². The first-order valence-corrected chi connectivity index (χ1v) is 8.94. The molecule has 2 heterocycles. The summed E-state index contributed by atoms with van der Waals surface area (Å²) >= 11 is 1.59. The maximum Gasteiger partial charge on any atom is 0.246 e. The number of ether oxygens (including phenoxy) is 1. The van der Waals surface area contributed by atoms with Crippen molar-refractivity contribution in [3.8, 4) is 10.7 Å². The zero-order chi connectivity index (χ0) is 16.1. The molecule has 2 aromatic rings. The second-order valence-electron chi connectivity index (χ2n) is 5.97. The average Bonchev–Trinajstić information content (AvgIpc) is 3.23. The van der Waals surface area contributed by atoms with Gasteiger partial charge in [-0.15, -0.1) is 11.3 Å². The van der Waals surface area contributed by atoms with Gasteiger partial charge in [0.05, 0.1) is 17.5 Å². The summed E-state index contributed by atoms with van der Waals surface area (Å²) in [4.78, 5) is 17.3. The van der Waals surface area contributed by atoms with Crippen molar-refractivity contribution in [2.24, 2.45) is 5.92 Å². The number of carbonyl (C=O) groups excluding carboxylic acids is 1. The fourth-order valence-electron chi connectivity index (χ4n) is 2.84. The first-order valence-electron chi connectivity index (χ1n) is 8.06. The Labute approximate surface area is 139 Å². The van der Waals surface area contributed by atoms with Gasteiger partial charge < -0.3 is 10.1 Å². The predicted molar refractivity (Wildman–Crippen MR) is 88.9 cm³/mol. The van der Waals surface area contributed by atoms with Gasteiger partial charge in [-0.3, -0.25) is 9.89 Å². The molecule has 7 heteroatoms. The fourth-order valence-corrected chi connectivity index (χ4v) is 3.49. The van der Waals surface area contributed by atoms with Crippen LogP contribution in [0.5, 0.6) is 0 Å². The van der Waals surface area contributed by atoms with Crippen molar-refractivity contribution in [1.29, 1.82) is 0 Å². The number of hydrogen-bond donors (Lipinski definition) is 2. The summed E-state index contributed by atoms with van der Waals surface area (Å²) in [5.41, 5.74) is 0. The molecule has 0 aliphatic heterocycles. The summed E-state index contributed by atoms with van der Waals surface area (Å²) in [7, 11) is 0. The smallest absolute Gasteiger partial charge is 0.246 e. The molecule has 6 nitrogen and oxygen atoms in total. The molecule has 0 unspecified atom stereocenters. The van der Waals surface area contributed by atoms with E-state index in [2.05, 4.69) is 27.4 Å². The quantitative estimate of drug-likeness (QED) is 0.851. The molecule has 2 atom stereocenters. The number of rotatable bonds is 6. The van der Waals surface area contributed by atoms with Gasteiger partial charge in [0.2, 0.25) is 5.91 Å². The molecule has 1 saturated carbocycles. The van der Waals surface area contributed by atoms with Gasteiger partial charge in [-0.05, 0) is 30.2 Å². The number of amides is 1. The Bertz CT molecular complexity index is 626. The molecular formula is C16H22N4O2S. The standard InChI is InChI=1S/C16H22N4O2S/c1-11-5-2-3-6-12(11)22-10-15(21)17-9-14-18-16(20-19-14)13-7-4-8-23-13/h4,7-8,11-12H,2-3,5-6,9-10H2,1H3,(H,17,21)(H,18,19,20)/t11-,12-/m1/s1. The lowest BCUT2D eigenvalue weighted by Gasteiger charge is -2.28. The third-order valence-electron chi connectivity index (χ3n) is 4.19. The Kier molecular flexibility index (Phi) is 5.40. The van der Waals surface area contributed by atoms with Crippen LogP contribution in [-0.2, 0) is 16.1 Å². The van der Waals surface area contributed by atoms with Crippen molar-refractivity contribution >= 4 is 17.2 Å². The highest BCUT2D eigenvalue weighted by atomic mass is 32.1. The number of hydrogen-bond acceptors (Lipinski definition) is 5. The van der Waals surface area contributed by atoms with Crippen molar-refractivity contribution in [2.45, 2.75) is 45.3 Å². The number of nitrogens with zero attached hydrogens (tertiary/aromatic N) is 2. The first-order chi connectivity index (χ1) is 11.2. The summed E-state index contributed by atoms with van der Waals surface area (Å²) in [6, 6.07) is 3.93. The topological polar surface area (TPSA) is 79.9 Å². The third-order valence-corrected chi connectivity index (χ3v) is 5.05. The van der Waals surface area contributed by atoms with Crippen LogP contribution < -0.4 is 5.32 Å². The van der Waals surface area contributed by atoms with Crippen LogP contribution in [0, 0.1) is 5.92 Å². The second-order valence-corrected chi connectivity index (χ2v) is 6.92. The van der Waals surface area contributed by atoms with Crippen LogP contribution in [-0.4, -0.2) is 33.8 Å². The molecule has 3 rings (SSSR count). The highest BCUT2D eigenvalue weighted by Gasteiger charge is 2.22. The molecule has 124 valence electrons. The van der Waals surface area contributed by atoms with Crippen LogP contribution in [0.15, 0.2) is 17.5 Å². The molecule has 2 N–H and O–H groups in total. The number of thiophene rings is 1. The lowest BCUT2D eigenvalue weighted by Crippen LogP contribution is -2.33. The maximum atomic E-state index is 11.9. The van der Waals surface area contributed by atoms with E-state index in [-0.39, 0.29) is 18.6 Å². The van der Waals surface area contributed by atoms with Crippen LogP contribution in [0.2, 0.25) is 0 Å². The normalized spacial score (nSPS) is 21.3. The Balaban J connectivity index is 1.42. The SMILES string of the molecule is C[C@@H]1CCCC[C@H]1OCC(=O)NCc1nc(-c2cccs2)n[nH]1. The van der Waals surface area contributed by atoms with Gasteiger partial charge in [0.25, 0.3) is 0 Å². The molecule has 1 fully saturated rings. The zero-order valence-electron chi connectivity index (χ0n) is 13.2. The lowest BCUT2D eigenvalue weighted by atomic mass is 9.88. The summed E-state index contributed by atoms with van der Waals surface area (Å²) in [5, 5.41) is 11.8. The predicted octanol–water partition coefficient (Wildman–Crippen LogP) is 2.74. The number of nitrogens with one attached hydrogen (secondary N) is 2. The van der Waals surface area contributed by atoms with Crippen molar-refractivity contribution in [3.63, 3.8) is 0 Å². The molecule has 0 saturated heterocycles. The summed E-state index contributed by atoms with van der Waals surface area (Å²) in [6.07, 6.45) is 4.92. The van der Waals surface area contributed by atoms with Gasteiger partial charge >= 0.3 is 0 Å². The van der Waals surface area contributed by atoms with Gasteiger partial charge in [0.1, 0.15) is 12.4 Å². The molecule has 0 bridgehead atoms. The second kappa shape index (κ2) is 7.70. The lowest BCUT2D eigenvalue weighted by molar-refractivity contribution is -0.129. The minimum absolute atomic E-state index is 0.112. The highest BCUT2D eigenvalue weighted by molar-refractivity contribution is 7.13. The molecule has 0 spiro atoms. The number of carbonyl (C=O) groups is 1. The molecule has 0 aromatic carbocycles. The van der Waals surface area contributed by atoms with Crippen LogP contribution in [0.4, 0.5) is 0 Å². The zero-order valence-corrected chi connectivity index (χ0v) is 14.1. The molecule has 1 amide bonds.